The quantitative estimate of drug-likeness (QED) is 0.426. The van der Waals surface area contributed by atoms with Crippen molar-refractivity contribution in [3.05, 3.63) is 42.0 Å². The van der Waals surface area contributed by atoms with Gasteiger partial charge in [0.15, 0.2) is 11.5 Å². The van der Waals surface area contributed by atoms with Gasteiger partial charge in [0, 0.05) is 31.7 Å². The number of carbonyl (C=O) groups is 2. The fourth-order valence-electron chi connectivity index (χ4n) is 4.59. The molecule has 0 unspecified atom stereocenters. The molecule has 2 amide bonds. The largest absolute Gasteiger partial charge is 0.497 e. The molecule has 1 aliphatic heterocycles. The third kappa shape index (κ3) is 6.65. The summed E-state index contributed by atoms with van der Waals surface area (Å²) in [6.45, 7) is 5.03. The number of rotatable bonds is 12. The zero-order valence-electron chi connectivity index (χ0n) is 22.5. The Balaban J connectivity index is 1.99. The predicted molar refractivity (Wildman–Crippen MR) is 141 cm³/mol. The van der Waals surface area contributed by atoms with Crippen molar-refractivity contribution in [3.63, 3.8) is 0 Å². The molecule has 37 heavy (non-hydrogen) atoms. The summed E-state index contributed by atoms with van der Waals surface area (Å²) in [5, 5.41) is 3.05. The number of methoxy groups -OCH3 is 4. The zero-order valence-corrected chi connectivity index (χ0v) is 22.5. The highest BCUT2D eigenvalue weighted by molar-refractivity contribution is 5.98. The number of anilines is 1. The van der Waals surface area contributed by atoms with E-state index in [0.717, 1.165) is 5.56 Å². The number of piperidine rings is 1. The maximum atomic E-state index is 13.4. The number of hydrogen-bond donors (Lipinski definition) is 1. The van der Waals surface area contributed by atoms with Gasteiger partial charge >= 0.3 is 0 Å². The molecule has 0 aromatic heterocycles. The van der Waals surface area contributed by atoms with Crippen molar-refractivity contribution in [1.29, 1.82) is 0 Å². The molecular weight excluding hydrogens is 476 g/mol. The van der Waals surface area contributed by atoms with Crippen LogP contribution in [0.3, 0.4) is 0 Å². The van der Waals surface area contributed by atoms with Gasteiger partial charge < -0.3 is 33.9 Å². The Labute approximate surface area is 219 Å². The minimum absolute atomic E-state index is 0.0931. The van der Waals surface area contributed by atoms with Crippen LogP contribution in [0.2, 0.25) is 0 Å². The van der Waals surface area contributed by atoms with Gasteiger partial charge in [-0.3, -0.25) is 9.59 Å². The molecule has 0 spiro atoms. The van der Waals surface area contributed by atoms with Crippen LogP contribution in [0.4, 0.5) is 5.69 Å². The molecule has 0 aliphatic carbocycles. The monoisotopic (exact) mass is 514 g/mol. The Hall–Kier alpha value is -3.46. The lowest BCUT2D eigenvalue weighted by Crippen LogP contribution is -2.48. The zero-order chi connectivity index (χ0) is 26.9. The van der Waals surface area contributed by atoms with E-state index < -0.39 is 12.0 Å². The van der Waals surface area contributed by atoms with E-state index in [2.05, 4.69) is 5.32 Å². The molecule has 9 nitrogen and oxygen atoms in total. The number of amides is 2. The van der Waals surface area contributed by atoms with Crippen molar-refractivity contribution in [2.75, 3.05) is 46.5 Å². The molecule has 1 saturated heterocycles. The van der Waals surface area contributed by atoms with E-state index in [1.807, 2.05) is 38.1 Å². The van der Waals surface area contributed by atoms with Crippen molar-refractivity contribution in [3.8, 4) is 23.0 Å². The molecule has 1 aliphatic rings. The lowest BCUT2D eigenvalue weighted by molar-refractivity contribution is -0.129. The van der Waals surface area contributed by atoms with E-state index in [0.29, 0.717) is 54.7 Å². The standard InChI is InChI=1S/C28H38N2O7/c1-18(2)37-15-7-14-29-28(32)22-12-13-25(31)30(26(22)19-8-10-21(33-3)11-9-19)20-16-23(34-4)27(36-6)24(17-20)35-5/h8-11,16-18,22,26H,7,12-15H2,1-6H3,(H,29,32)/t22-,26-/m0/s1. The smallest absolute Gasteiger partial charge is 0.227 e. The molecule has 0 bridgehead atoms. The number of ether oxygens (including phenoxy) is 5. The molecule has 0 radical (unpaired) electrons. The number of nitrogens with one attached hydrogen (secondary N) is 1. The number of carbonyl (C=O) groups excluding carboxylic acids is 2. The van der Waals surface area contributed by atoms with E-state index >= 15 is 0 Å². The fraction of sp³-hybridized carbons (Fsp3) is 0.500. The molecule has 1 heterocycles. The summed E-state index contributed by atoms with van der Waals surface area (Å²) >= 11 is 0. The average molecular weight is 515 g/mol. The molecule has 0 saturated carbocycles. The van der Waals surface area contributed by atoms with Gasteiger partial charge in [-0.2, -0.15) is 0 Å². The van der Waals surface area contributed by atoms with E-state index in [4.69, 9.17) is 23.7 Å². The van der Waals surface area contributed by atoms with E-state index in [1.54, 1.807) is 24.1 Å². The second-order valence-electron chi connectivity index (χ2n) is 9.07. The lowest BCUT2D eigenvalue weighted by atomic mass is 9.83. The van der Waals surface area contributed by atoms with Crippen LogP contribution in [0.1, 0.15) is 44.7 Å². The topological polar surface area (TPSA) is 95.6 Å². The maximum absolute atomic E-state index is 13.4. The van der Waals surface area contributed by atoms with E-state index in [9.17, 15) is 9.59 Å². The van der Waals surface area contributed by atoms with Crippen LogP contribution in [0.5, 0.6) is 23.0 Å². The van der Waals surface area contributed by atoms with Gasteiger partial charge in [-0.15, -0.1) is 0 Å². The van der Waals surface area contributed by atoms with Gasteiger partial charge in [0.1, 0.15) is 5.75 Å². The first-order valence-electron chi connectivity index (χ1n) is 12.5. The molecule has 2 aromatic rings. The highest BCUT2D eigenvalue weighted by Crippen LogP contribution is 2.46. The first kappa shape index (κ1) is 28.1. The minimum Gasteiger partial charge on any atom is -0.497 e. The third-order valence-corrected chi connectivity index (χ3v) is 6.39. The summed E-state index contributed by atoms with van der Waals surface area (Å²) in [5.74, 6) is 1.31. The molecule has 1 N–H and O–H groups in total. The summed E-state index contributed by atoms with van der Waals surface area (Å²) in [4.78, 5) is 28.5. The van der Waals surface area contributed by atoms with Gasteiger partial charge in [0.25, 0.3) is 0 Å². The van der Waals surface area contributed by atoms with Crippen molar-refractivity contribution in [1.82, 2.24) is 5.32 Å². The van der Waals surface area contributed by atoms with Gasteiger partial charge in [-0.25, -0.2) is 0 Å². The molecule has 3 rings (SSSR count). The van der Waals surface area contributed by atoms with Crippen molar-refractivity contribution >= 4 is 17.5 Å². The van der Waals surface area contributed by atoms with Crippen molar-refractivity contribution < 1.29 is 33.3 Å². The third-order valence-electron chi connectivity index (χ3n) is 6.39. The SMILES string of the molecule is COc1ccc([C@H]2[C@@H](C(=O)NCCCOC(C)C)CCC(=O)N2c2cc(OC)c(OC)c(OC)c2)cc1. The van der Waals surface area contributed by atoms with Crippen LogP contribution in [0.15, 0.2) is 36.4 Å². The Morgan fingerprint density at radius 1 is 1.00 bits per heavy atom. The Morgan fingerprint density at radius 3 is 2.19 bits per heavy atom. The summed E-state index contributed by atoms with van der Waals surface area (Å²) in [5.41, 5.74) is 1.38. The maximum Gasteiger partial charge on any atom is 0.227 e. The summed E-state index contributed by atoms with van der Waals surface area (Å²) in [6, 6.07) is 10.4. The Morgan fingerprint density at radius 2 is 1.65 bits per heavy atom. The molecule has 1 fully saturated rings. The number of nitrogens with zero attached hydrogens (tertiary/aromatic N) is 1. The average Bonchev–Trinajstić information content (AvgIpc) is 2.91. The highest BCUT2D eigenvalue weighted by Gasteiger charge is 2.42. The summed E-state index contributed by atoms with van der Waals surface area (Å²) in [7, 11) is 6.18. The van der Waals surface area contributed by atoms with Gasteiger partial charge in [0.05, 0.1) is 52.2 Å². The van der Waals surface area contributed by atoms with Gasteiger partial charge in [-0.05, 0) is 44.4 Å². The lowest BCUT2D eigenvalue weighted by Gasteiger charge is -2.41. The Bertz CT molecular complexity index is 1030. The fourth-order valence-corrected chi connectivity index (χ4v) is 4.59. The first-order chi connectivity index (χ1) is 17.8. The normalized spacial score (nSPS) is 17.5. The molecule has 202 valence electrons. The Kier molecular flexibility index (Phi) is 10.0. The first-order valence-corrected chi connectivity index (χ1v) is 12.5. The number of benzene rings is 2. The van der Waals surface area contributed by atoms with Gasteiger partial charge in [0.2, 0.25) is 17.6 Å². The minimum atomic E-state index is -0.540. The van der Waals surface area contributed by atoms with Crippen LogP contribution in [0, 0.1) is 5.92 Å². The molecule has 9 heteroatoms. The molecule has 2 atom stereocenters. The van der Waals surface area contributed by atoms with Crippen LogP contribution >= 0.6 is 0 Å². The summed E-state index contributed by atoms with van der Waals surface area (Å²) in [6.07, 6.45) is 1.52. The summed E-state index contributed by atoms with van der Waals surface area (Å²) < 4.78 is 27.4. The van der Waals surface area contributed by atoms with Crippen LogP contribution in [-0.4, -0.2) is 59.5 Å². The number of hydrogen-bond acceptors (Lipinski definition) is 7. The van der Waals surface area contributed by atoms with E-state index in [-0.39, 0.29) is 24.3 Å². The second kappa shape index (κ2) is 13.2. The second-order valence-corrected chi connectivity index (χ2v) is 9.07. The van der Waals surface area contributed by atoms with Gasteiger partial charge in [-0.1, -0.05) is 12.1 Å². The molecular formula is C28H38N2O7. The van der Waals surface area contributed by atoms with Crippen LogP contribution in [-0.2, 0) is 14.3 Å². The van der Waals surface area contributed by atoms with E-state index in [1.165, 1.54) is 21.3 Å². The molecule has 2 aromatic carbocycles. The van der Waals surface area contributed by atoms with Crippen molar-refractivity contribution in [2.45, 2.75) is 45.3 Å². The van der Waals surface area contributed by atoms with Crippen molar-refractivity contribution in [2.24, 2.45) is 5.92 Å². The highest BCUT2D eigenvalue weighted by atomic mass is 16.5. The van der Waals surface area contributed by atoms with Crippen LogP contribution in [0.25, 0.3) is 0 Å². The van der Waals surface area contributed by atoms with Crippen LogP contribution < -0.4 is 29.2 Å². The predicted octanol–water partition coefficient (Wildman–Crippen LogP) is 4.14.